The number of hydrogen-bond acceptors (Lipinski definition) is 3. The van der Waals surface area contributed by atoms with Gasteiger partial charge in [0.2, 0.25) is 0 Å². The van der Waals surface area contributed by atoms with Crippen LogP contribution in [0.15, 0.2) is 37.5 Å². The Morgan fingerprint density at radius 3 is 1.53 bits per heavy atom. The van der Waals surface area contributed by atoms with Crippen LogP contribution in [-0.2, 0) is 14.3 Å². The topological polar surface area (TPSA) is 83.8 Å². The van der Waals surface area contributed by atoms with Crippen LogP contribution in [0.5, 0.6) is 0 Å². The van der Waals surface area contributed by atoms with Crippen LogP contribution in [0.4, 0.5) is 0 Å². The van der Waals surface area contributed by atoms with Crippen LogP contribution in [0.1, 0.15) is 12.8 Å². The number of hydrogen-bond donors (Lipinski definition) is 2. The predicted molar refractivity (Wildman–Crippen MR) is 64.9 cm³/mol. The Hall–Kier alpha value is -1.88. The van der Waals surface area contributed by atoms with Crippen molar-refractivity contribution < 1.29 is 24.5 Å². The summed E-state index contributed by atoms with van der Waals surface area (Å²) in [7, 11) is 0. The standard InChI is InChI=1S/C8H14O.C4H4O4/c1-3-5-7-9-8-6-4-2;5-3(6)1-2-4(7)8/h3-4H,1-2,5-8H2;1-2H,(H,5,6)(H,7,8)/b;2-1-. The summed E-state index contributed by atoms with van der Waals surface area (Å²) in [5.41, 5.74) is 0. The van der Waals surface area contributed by atoms with Crippen LogP contribution >= 0.6 is 0 Å². The molecular weight excluding hydrogens is 224 g/mol. The lowest BCUT2D eigenvalue weighted by Crippen LogP contribution is -1.93. The molecule has 0 saturated heterocycles. The first-order chi connectivity index (χ1) is 8.04. The summed E-state index contributed by atoms with van der Waals surface area (Å²) in [6, 6.07) is 0. The maximum Gasteiger partial charge on any atom is 0.328 e. The van der Waals surface area contributed by atoms with Gasteiger partial charge in [-0.05, 0) is 12.8 Å². The van der Waals surface area contributed by atoms with Crippen molar-refractivity contribution in [2.24, 2.45) is 0 Å². The van der Waals surface area contributed by atoms with Gasteiger partial charge in [-0.25, -0.2) is 9.59 Å². The van der Waals surface area contributed by atoms with Crippen molar-refractivity contribution in [3.8, 4) is 0 Å². The summed E-state index contributed by atoms with van der Waals surface area (Å²) in [4.78, 5) is 19.1. The Balaban J connectivity index is 0. The van der Waals surface area contributed by atoms with Crippen LogP contribution < -0.4 is 0 Å². The van der Waals surface area contributed by atoms with E-state index in [1.54, 1.807) is 0 Å². The molecule has 0 radical (unpaired) electrons. The first-order valence-corrected chi connectivity index (χ1v) is 4.98. The van der Waals surface area contributed by atoms with Gasteiger partial charge in [-0.15, -0.1) is 13.2 Å². The molecule has 17 heavy (non-hydrogen) atoms. The van der Waals surface area contributed by atoms with Crippen molar-refractivity contribution in [3.63, 3.8) is 0 Å². The predicted octanol–water partition coefficient (Wildman–Crippen LogP) is 1.87. The van der Waals surface area contributed by atoms with Crippen molar-refractivity contribution >= 4 is 11.9 Å². The van der Waals surface area contributed by atoms with Gasteiger partial charge in [0.1, 0.15) is 0 Å². The molecule has 0 amide bonds. The second-order valence-electron chi connectivity index (χ2n) is 2.78. The Bertz CT molecular complexity index is 242. The van der Waals surface area contributed by atoms with E-state index in [1.165, 1.54) is 0 Å². The molecule has 0 aromatic heterocycles. The second-order valence-corrected chi connectivity index (χ2v) is 2.78. The average molecular weight is 242 g/mol. The van der Waals surface area contributed by atoms with Crippen LogP contribution in [0.3, 0.4) is 0 Å². The molecule has 0 aliphatic rings. The Kier molecular flexibility index (Phi) is 14.5. The van der Waals surface area contributed by atoms with Crippen LogP contribution in [0.25, 0.3) is 0 Å². The van der Waals surface area contributed by atoms with E-state index in [0.29, 0.717) is 12.2 Å². The molecule has 96 valence electrons. The van der Waals surface area contributed by atoms with E-state index in [9.17, 15) is 9.59 Å². The fraction of sp³-hybridized carbons (Fsp3) is 0.333. The molecule has 0 aliphatic heterocycles. The summed E-state index contributed by atoms with van der Waals surface area (Å²) in [5, 5.41) is 15.6. The zero-order valence-corrected chi connectivity index (χ0v) is 9.67. The number of rotatable bonds is 8. The molecule has 0 bridgehead atoms. The van der Waals surface area contributed by atoms with E-state index >= 15 is 0 Å². The van der Waals surface area contributed by atoms with Gasteiger partial charge in [0.15, 0.2) is 0 Å². The number of carbonyl (C=O) groups is 2. The lowest BCUT2D eigenvalue weighted by molar-refractivity contribution is -0.134. The summed E-state index contributed by atoms with van der Waals surface area (Å²) in [5.74, 6) is -2.51. The molecule has 0 atom stereocenters. The SMILES string of the molecule is C=CCCOCCC=C.O=C(O)/C=C\C(=O)O. The van der Waals surface area contributed by atoms with Gasteiger partial charge >= 0.3 is 11.9 Å². The van der Waals surface area contributed by atoms with Crippen molar-refractivity contribution in [1.29, 1.82) is 0 Å². The average Bonchev–Trinajstić information content (AvgIpc) is 2.27. The highest BCUT2D eigenvalue weighted by atomic mass is 16.5. The molecule has 0 rings (SSSR count). The van der Waals surface area contributed by atoms with E-state index < -0.39 is 11.9 Å². The largest absolute Gasteiger partial charge is 0.478 e. The molecule has 0 aliphatic carbocycles. The van der Waals surface area contributed by atoms with E-state index in [2.05, 4.69) is 13.2 Å². The van der Waals surface area contributed by atoms with Crippen molar-refractivity contribution in [3.05, 3.63) is 37.5 Å². The lowest BCUT2D eigenvalue weighted by atomic mass is 10.4. The smallest absolute Gasteiger partial charge is 0.328 e. The zero-order chi connectivity index (χ0) is 13.5. The molecule has 2 N–H and O–H groups in total. The molecular formula is C12H18O5. The third kappa shape index (κ3) is 24.9. The summed E-state index contributed by atoms with van der Waals surface area (Å²) in [6.45, 7) is 8.73. The number of carboxylic acid groups (broad SMARTS) is 2. The minimum atomic E-state index is -1.26. The zero-order valence-electron chi connectivity index (χ0n) is 9.67. The maximum atomic E-state index is 9.55. The molecule has 5 heteroatoms. The van der Waals surface area contributed by atoms with Crippen LogP contribution in [-0.4, -0.2) is 35.4 Å². The molecule has 0 aromatic rings. The first-order valence-electron chi connectivity index (χ1n) is 4.98. The summed E-state index contributed by atoms with van der Waals surface area (Å²) in [6.07, 6.45) is 6.71. The molecule has 0 saturated carbocycles. The molecule has 0 heterocycles. The number of ether oxygens (including phenoxy) is 1. The quantitative estimate of drug-likeness (QED) is 0.385. The van der Waals surface area contributed by atoms with Gasteiger partial charge in [-0.2, -0.15) is 0 Å². The first kappa shape index (κ1) is 17.5. The molecule has 0 spiro atoms. The number of carboxylic acids is 2. The monoisotopic (exact) mass is 242 g/mol. The minimum Gasteiger partial charge on any atom is -0.478 e. The van der Waals surface area contributed by atoms with Gasteiger partial charge in [-0.3, -0.25) is 0 Å². The highest BCUT2D eigenvalue weighted by Gasteiger charge is 1.88. The molecule has 5 nitrogen and oxygen atoms in total. The van der Waals surface area contributed by atoms with Gasteiger partial charge < -0.3 is 14.9 Å². The van der Waals surface area contributed by atoms with E-state index in [0.717, 1.165) is 26.1 Å². The fourth-order valence-electron chi connectivity index (χ4n) is 0.578. The Morgan fingerprint density at radius 2 is 1.29 bits per heavy atom. The van der Waals surface area contributed by atoms with Gasteiger partial charge in [0, 0.05) is 12.2 Å². The highest BCUT2D eigenvalue weighted by Crippen LogP contribution is 1.85. The van der Waals surface area contributed by atoms with E-state index in [-0.39, 0.29) is 0 Å². The molecule has 0 unspecified atom stereocenters. The fourth-order valence-corrected chi connectivity index (χ4v) is 0.578. The van der Waals surface area contributed by atoms with Crippen molar-refractivity contribution in [2.75, 3.05) is 13.2 Å². The van der Waals surface area contributed by atoms with Crippen molar-refractivity contribution in [2.45, 2.75) is 12.8 Å². The van der Waals surface area contributed by atoms with Gasteiger partial charge in [0.25, 0.3) is 0 Å². The summed E-state index contributed by atoms with van der Waals surface area (Å²) < 4.78 is 5.17. The molecule has 0 aromatic carbocycles. The minimum absolute atomic E-state index is 0.558. The van der Waals surface area contributed by atoms with Gasteiger partial charge in [-0.1, -0.05) is 12.2 Å². The summed E-state index contributed by atoms with van der Waals surface area (Å²) >= 11 is 0. The second kappa shape index (κ2) is 14.1. The Labute approximate surface area is 101 Å². The van der Waals surface area contributed by atoms with Crippen LogP contribution in [0.2, 0.25) is 0 Å². The molecule has 0 fully saturated rings. The van der Waals surface area contributed by atoms with E-state index in [4.69, 9.17) is 14.9 Å². The highest BCUT2D eigenvalue weighted by molar-refractivity contribution is 5.89. The number of aliphatic carboxylic acids is 2. The van der Waals surface area contributed by atoms with Crippen LogP contribution in [0, 0.1) is 0 Å². The van der Waals surface area contributed by atoms with Gasteiger partial charge in [0.05, 0.1) is 13.2 Å². The third-order valence-corrected chi connectivity index (χ3v) is 1.30. The maximum absolute atomic E-state index is 9.55. The van der Waals surface area contributed by atoms with E-state index in [1.807, 2.05) is 12.2 Å². The lowest BCUT2D eigenvalue weighted by Gasteiger charge is -1.96. The third-order valence-electron chi connectivity index (χ3n) is 1.30. The normalized spacial score (nSPS) is 9.18. The Morgan fingerprint density at radius 1 is 0.941 bits per heavy atom. The van der Waals surface area contributed by atoms with Crippen molar-refractivity contribution in [1.82, 2.24) is 0 Å².